The van der Waals surface area contributed by atoms with Crippen molar-refractivity contribution in [2.24, 2.45) is 7.05 Å². The van der Waals surface area contributed by atoms with Crippen LogP contribution in [0.4, 0.5) is 10.3 Å². The Morgan fingerprint density at radius 3 is 2.80 bits per heavy atom. The maximum Gasteiger partial charge on any atom is 0.201 e. The van der Waals surface area contributed by atoms with Crippen molar-refractivity contribution >= 4 is 32.9 Å². The average Bonchev–Trinajstić information content (AvgIpc) is 2.83. The third-order valence-electron chi connectivity index (χ3n) is 3.26. The monoisotopic (exact) mass is 337 g/mol. The summed E-state index contributed by atoms with van der Waals surface area (Å²) in [5.41, 5.74) is 9.23. The van der Waals surface area contributed by atoms with Crippen LogP contribution in [0.15, 0.2) is 22.8 Å². The van der Waals surface area contributed by atoms with Gasteiger partial charge < -0.3 is 10.3 Å². The van der Waals surface area contributed by atoms with Crippen LogP contribution in [-0.4, -0.2) is 19.3 Å². The Hall–Kier alpha value is -1.89. The highest BCUT2D eigenvalue weighted by molar-refractivity contribution is 9.10. The van der Waals surface area contributed by atoms with Crippen LogP contribution in [0.3, 0.4) is 0 Å². The number of aromatic nitrogens is 4. The summed E-state index contributed by atoms with van der Waals surface area (Å²) in [6, 6.07) is 3.07. The van der Waals surface area contributed by atoms with Gasteiger partial charge in [-0.1, -0.05) is 0 Å². The molecular formula is C13H13BrFN5. The Labute approximate surface area is 123 Å². The van der Waals surface area contributed by atoms with Crippen molar-refractivity contribution in [2.45, 2.75) is 13.5 Å². The van der Waals surface area contributed by atoms with E-state index >= 15 is 0 Å². The Morgan fingerprint density at radius 1 is 1.40 bits per heavy atom. The van der Waals surface area contributed by atoms with Gasteiger partial charge in [0.1, 0.15) is 5.82 Å². The summed E-state index contributed by atoms with van der Waals surface area (Å²) in [6.07, 6.45) is 1.93. The molecule has 7 heteroatoms. The lowest BCUT2D eigenvalue weighted by Crippen LogP contribution is -2.05. The van der Waals surface area contributed by atoms with Gasteiger partial charge in [0.15, 0.2) is 0 Å². The van der Waals surface area contributed by atoms with E-state index in [1.165, 1.54) is 6.07 Å². The Balaban J connectivity index is 2.13. The minimum Gasteiger partial charge on any atom is -0.369 e. The van der Waals surface area contributed by atoms with Crippen molar-refractivity contribution in [1.82, 2.24) is 19.3 Å². The zero-order valence-corrected chi connectivity index (χ0v) is 12.6. The first-order chi connectivity index (χ1) is 9.45. The SMILES string of the molecule is Cc1nn(C)cc1Cn1c(N)nc2cc(Br)c(F)cc21. The largest absolute Gasteiger partial charge is 0.369 e. The molecule has 5 nitrogen and oxygen atoms in total. The van der Waals surface area contributed by atoms with Gasteiger partial charge in [0.2, 0.25) is 5.95 Å². The maximum atomic E-state index is 13.7. The molecule has 0 saturated heterocycles. The van der Waals surface area contributed by atoms with Crippen LogP contribution >= 0.6 is 15.9 Å². The first kappa shape index (κ1) is 13.1. The summed E-state index contributed by atoms with van der Waals surface area (Å²) in [7, 11) is 1.86. The standard InChI is InChI=1S/C13H13BrFN5/c1-7-8(5-19(2)18-7)6-20-12-4-10(15)9(14)3-11(12)17-13(20)16/h3-5H,6H2,1-2H3,(H2,16,17). The van der Waals surface area contributed by atoms with Gasteiger partial charge in [-0.05, 0) is 28.9 Å². The fourth-order valence-corrected chi connectivity index (χ4v) is 2.61. The van der Waals surface area contributed by atoms with Crippen LogP contribution in [0.5, 0.6) is 0 Å². The number of benzene rings is 1. The Bertz CT molecular complexity index is 805. The molecule has 3 aromatic rings. The van der Waals surface area contributed by atoms with E-state index in [1.807, 2.05) is 20.2 Å². The highest BCUT2D eigenvalue weighted by atomic mass is 79.9. The van der Waals surface area contributed by atoms with E-state index in [9.17, 15) is 4.39 Å². The molecule has 2 aromatic heterocycles. The molecule has 0 fully saturated rings. The second-order valence-corrected chi connectivity index (χ2v) is 5.58. The van der Waals surface area contributed by atoms with Crippen LogP contribution < -0.4 is 5.73 Å². The summed E-state index contributed by atoms with van der Waals surface area (Å²) in [5.74, 6) is 0.0299. The molecule has 0 spiro atoms. The molecule has 20 heavy (non-hydrogen) atoms. The van der Waals surface area contributed by atoms with E-state index < -0.39 is 0 Å². The number of aryl methyl sites for hydroxylation is 2. The zero-order valence-electron chi connectivity index (χ0n) is 11.1. The second kappa shape index (κ2) is 4.59. The predicted octanol–water partition coefficient (Wildman–Crippen LogP) is 2.61. The van der Waals surface area contributed by atoms with Gasteiger partial charge in [0.25, 0.3) is 0 Å². The summed E-state index contributed by atoms with van der Waals surface area (Å²) in [4.78, 5) is 4.26. The lowest BCUT2D eigenvalue weighted by Gasteiger charge is -2.05. The zero-order chi connectivity index (χ0) is 14.4. The minimum absolute atomic E-state index is 0.332. The van der Waals surface area contributed by atoms with Crippen LogP contribution in [-0.2, 0) is 13.6 Å². The summed E-state index contributed by atoms with van der Waals surface area (Å²) in [5, 5.41) is 4.29. The Kier molecular flexibility index (Phi) is 3.01. The van der Waals surface area contributed by atoms with Crippen molar-refractivity contribution < 1.29 is 4.39 Å². The minimum atomic E-state index is -0.332. The van der Waals surface area contributed by atoms with E-state index in [0.29, 0.717) is 28.0 Å². The van der Waals surface area contributed by atoms with E-state index in [-0.39, 0.29) is 5.82 Å². The molecule has 2 heterocycles. The molecule has 0 aliphatic heterocycles. The summed E-state index contributed by atoms with van der Waals surface area (Å²) < 4.78 is 17.6. The van der Waals surface area contributed by atoms with E-state index in [0.717, 1.165) is 11.3 Å². The highest BCUT2D eigenvalue weighted by Gasteiger charge is 2.13. The van der Waals surface area contributed by atoms with Crippen LogP contribution in [0.2, 0.25) is 0 Å². The van der Waals surface area contributed by atoms with Crippen molar-refractivity contribution in [3.8, 4) is 0 Å². The molecule has 0 saturated carbocycles. The normalized spacial score (nSPS) is 11.4. The number of nitrogens with zero attached hydrogens (tertiary/aromatic N) is 4. The van der Waals surface area contributed by atoms with Crippen molar-refractivity contribution in [3.05, 3.63) is 39.9 Å². The highest BCUT2D eigenvalue weighted by Crippen LogP contribution is 2.26. The third kappa shape index (κ3) is 2.07. The molecule has 3 rings (SSSR count). The van der Waals surface area contributed by atoms with E-state index in [1.54, 1.807) is 15.3 Å². The van der Waals surface area contributed by atoms with Gasteiger partial charge in [-0.2, -0.15) is 5.10 Å². The first-order valence-corrected chi connectivity index (χ1v) is 6.85. The van der Waals surface area contributed by atoms with Crippen molar-refractivity contribution in [2.75, 3.05) is 5.73 Å². The average molecular weight is 338 g/mol. The predicted molar refractivity (Wildman–Crippen MR) is 78.9 cm³/mol. The number of nitrogens with two attached hydrogens (primary N) is 1. The van der Waals surface area contributed by atoms with Crippen LogP contribution in [0.25, 0.3) is 11.0 Å². The number of halogens is 2. The molecule has 1 aromatic carbocycles. The fourth-order valence-electron chi connectivity index (χ4n) is 2.28. The molecule has 0 radical (unpaired) electrons. The molecule has 0 aliphatic carbocycles. The van der Waals surface area contributed by atoms with Crippen LogP contribution in [0.1, 0.15) is 11.3 Å². The molecule has 0 atom stereocenters. The summed E-state index contributed by atoms with van der Waals surface area (Å²) >= 11 is 3.15. The van der Waals surface area contributed by atoms with Gasteiger partial charge in [-0.25, -0.2) is 9.37 Å². The molecule has 0 aliphatic rings. The number of rotatable bonds is 2. The van der Waals surface area contributed by atoms with Gasteiger partial charge >= 0.3 is 0 Å². The summed E-state index contributed by atoms with van der Waals surface area (Å²) in [6.45, 7) is 2.45. The number of hydrogen-bond donors (Lipinski definition) is 1. The second-order valence-electron chi connectivity index (χ2n) is 4.72. The number of imidazole rings is 1. The molecule has 0 amide bonds. The molecule has 0 unspecified atom stereocenters. The number of nitrogen functional groups attached to an aromatic ring is 1. The van der Waals surface area contributed by atoms with Gasteiger partial charge in [-0.15, -0.1) is 0 Å². The van der Waals surface area contributed by atoms with Crippen molar-refractivity contribution in [1.29, 1.82) is 0 Å². The van der Waals surface area contributed by atoms with E-state index in [2.05, 4.69) is 26.0 Å². The molecule has 104 valence electrons. The van der Waals surface area contributed by atoms with Gasteiger partial charge in [-0.3, -0.25) is 4.68 Å². The number of hydrogen-bond acceptors (Lipinski definition) is 3. The lowest BCUT2D eigenvalue weighted by molar-refractivity contribution is 0.622. The van der Waals surface area contributed by atoms with Crippen molar-refractivity contribution in [3.63, 3.8) is 0 Å². The van der Waals surface area contributed by atoms with Gasteiger partial charge in [0, 0.05) is 24.9 Å². The number of fused-ring (bicyclic) bond motifs is 1. The smallest absolute Gasteiger partial charge is 0.201 e. The fraction of sp³-hybridized carbons (Fsp3) is 0.231. The molecular weight excluding hydrogens is 325 g/mol. The third-order valence-corrected chi connectivity index (χ3v) is 3.87. The quantitative estimate of drug-likeness (QED) is 0.781. The lowest BCUT2D eigenvalue weighted by atomic mass is 10.2. The number of anilines is 1. The molecule has 0 bridgehead atoms. The maximum absolute atomic E-state index is 13.7. The topological polar surface area (TPSA) is 61.7 Å². The first-order valence-electron chi connectivity index (χ1n) is 6.05. The Morgan fingerprint density at radius 2 is 2.15 bits per heavy atom. The van der Waals surface area contributed by atoms with E-state index in [4.69, 9.17) is 5.73 Å². The molecule has 2 N–H and O–H groups in total. The van der Waals surface area contributed by atoms with Crippen LogP contribution in [0, 0.1) is 12.7 Å². The van der Waals surface area contributed by atoms with Gasteiger partial charge in [0.05, 0.1) is 27.7 Å².